The Labute approximate surface area is 225 Å². The number of anilines is 2. The van der Waals surface area contributed by atoms with Crippen LogP contribution in [-0.4, -0.2) is 42.2 Å². The molecule has 206 valence electrons. The molecule has 0 bridgehead atoms. The summed E-state index contributed by atoms with van der Waals surface area (Å²) in [6, 6.07) is 15.3. The van der Waals surface area contributed by atoms with E-state index in [1.54, 1.807) is 0 Å². The molecule has 40 heavy (non-hydrogen) atoms. The topological polar surface area (TPSA) is 132 Å². The van der Waals surface area contributed by atoms with E-state index in [-0.39, 0.29) is 35.7 Å². The zero-order valence-electron chi connectivity index (χ0n) is 21.2. The molecule has 10 nitrogen and oxygen atoms in total. The summed E-state index contributed by atoms with van der Waals surface area (Å²) >= 11 is 0. The normalized spacial score (nSPS) is 16.1. The fraction of sp³-hybridized carbons (Fsp3) is 0.296. The molecule has 1 aliphatic rings. The van der Waals surface area contributed by atoms with Crippen LogP contribution in [0.25, 0.3) is 22.8 Å². The molecule has 1 aliphatic heterocycles. The zero-order chi connectivity index (χ0) is 27.9. The number of hydrogen-bond donors (Lipinski definition) is 2. The van der Waals surface area contributed by atoms with E-state index in [0.29, 0.717) is 17.0 Å². The number of halogens is 3. The number of benzene rings is 2. The average molecular weight is 551 g/mol. The molecule has 1 saturated heterocycles. The van der Waals surface area contributed by atoms with Gasteiger partial charge in [0.1, 0.15) is 5.52 Å². The summed E-state index contributed by atoms with van der Waals surface area (Å²) in [6.07, 6.45) is -0.650. The van der Waals surface area contributed by atoms with Gasteiger partial charge in [0.2, 0.25) is 17.6 Å². The number of H-pyrrole nitrogens is 1. The van der Waals surface area contributed by atoms with Gasteiger partial charge in [-0.1, -0.05) is 47.6 Å². The molecule has 3 aromatic heterocycles. The average Bonchev–Trinajstić information content (AvgIpc) is 3.53. The van der Waals surface area contributed by atoms with Gasteiger partial charge in [-0.2, -0.15) is 18.2 Å². The van der Waals surface area contributed by atoms with Gasteiger partial charge < -0.3 is 15.2 Å². The molecule has 4 heterocycles. The van der Waals surface area contributed by atoms with Crippen LogP contribution >= 0.6 is 0 Å². The molecule has 1 unspecified atom stereocenters. The van der Waals surface area contributed by atoms with Gasteiger partial charge in [0.25, 0.3) is 0 Å². The van der Waals surface area contributed by atoms with Crippen molar-refractivity contribution in [2.75, 3.05) is 17.2 Å². The van der Waals surface area contributed by atoms with Crippen LogP contribution in [0, 0.1) is 0 Å². The maximum Gasteiger partial charge on any atom is 0.439 e. The summed E-state index contributed by atoms with van der Waals surface area (Å²) in [5, 5.41) is 3.65. The number of fused-ring (bicyclic) bond motifs is 1. The minimum Gasteiger partial charge on any atom is -0.382 e. The lowest BCUT2D eigenvalue weighted by molar-refractivity contribution is -0.137. The maximum atomic E-state index is 13.2. The van der Waals surface area contributed by atoms with E-state index in [4.69, 9.17) is 10.7 Å². The van der Waals surface area contributed by atoms with E-state index in [0.717, 1.165) is 44.4 Å². The molecule has 0 amide bonds. The highest BCUT2D eigenvalue weighted by Gasteiger charge is 2.31. The van der Waals surface area contributed by atoms with Crippen molar-refractivity contribution in [2.24, 2.45) is 0 Å². The van der Waals surface area contributed by atoms with E-state index < -0.39 is 17.5 Å². The Morgan fingerprint density at radius 1 is 1.00 bits per heavy atom. The standard InChI is InChI=1S/C27H25F3N8O2/c28-27(29,30)18-11-9-17(10-12-18)15-38-20-21(31)32-23(24-35-26(39)40-36-24)33-22(20)34-25(38)37-13-5-4-8-19(37)14-16-6-2-1-3-7-16/h1-3,6-7,9-12,19H,4-5,8,13-15H2,(H2,31,32,33)(H,35,36,39). The Morgan fingerprint density at radius 2 is 1.77 bits per heavy atom. The smallest absolute Gasteiger partial charge is 0.382 e. The highest BCUT2D eigenvalue weighted by atomic mass is 19.4. The van der Waals surface area contributed by atoms with Crippen LogP contribution in [0.1, 0.15) is 36.0 Å². The van der Waals surface area contributed by atoms with Crippen molar-refractivity contribution in [1.82, 2.24) is 29.7 Å². The third-order valence-electron chi connectivity index (χ3n) is 7.08. The summed E-state index contributed by atoms with van der Waals surface area (Å²) in [5.74, 6) is -0.0188. The van der Waals surface area contributed by atoms with E-state index in [1.165, 1.54) is 17.7 Å². The van der Waals surface area contributed by atoms with Crippen molar-refractivity contribution in [1.29, 1.82) is 0 Å². The molecule has 2 aromatic carbocycles. The third kappa shape index (κ3) is 5.01. The minimum absolute atomic E-state index is 0.0115. The molecule has 3 N–H and O–H groups in total. The van der Waals surface area contributed by atoms with Gasteiger partial charge in [-0.25, -0.2) is 14.8 Å². The number of aromatic amines is 1. The van der Waals surface area contributed by atoms with Gasteiger partial charge in [-0.15, -0.1) is 0 Å². The Hall–Kier alpha value is -4.68. The Morgan fingerprint density at radius 3 is 2.48 bits per heavy atom. The fourth-order valence-corrected chi connectivity index (χ4v) is 5.20. The van der Waals surface area contributed by atoms with Gasteiger partial charge in [-0.3, -0.25) is 9.51 Å². The number of aromatic nitrogens is 6. The summed E-state index contributed by atoms with van der Waals surface area (Å²) < 4.78 is 46.0. The molecular weight excluding hydrogens is 525 g/mol. The Bertz CT molecular complexity index is 1690. The van der Waals surface area contributed by atoms with Crippen molar-refractivity contribution in [2.45, 2.75) is 44.4 Å². The third-order valence-corrected chi connectivity index (χ3v) is 7.08. The molecule has 1 fully saturated rings. The van der Waals surface area contributed by atoms with Gasteiger partial charge in [-0.05, 0) is 48.9 Å². The van der Waals surface area contributed by atoms with Crippen LogP contribution < -0.4 is 16.4 Å². The first-order chi connectivity index (χ1) is 19.3. The molecule has 0 radical (unpaired) electrons. The summed E-state index contributed by atoms with van der Waals surface area (Å²) in [5.41, 5.74) is 8.23. The van der Waals surface area contributed by atoms with E-state index in [2.05, 4.69) is 41.7 Å². The lowest BCUT2D eigenvalue weighted by Crippen LogP contribution is -2.42. The quantitative estimate of drug-likeness (QED) is 0.318. The molecule has 13 heteroatoms. The molecular formula is C27H25F3N8O2. The molecule has 0 aliphatic carbocycles. The van der Waals surface area contributed by atoms with Gasteiger partial charge in [0.05, 0.1) is 12.1 Å². The van der Waals surface area contributed by atoms with Crippen molar-refractivity contribution < 1.29 is 17.7 Å². The van der Waals surface area contributed by atoms with Crippen molar-refractivity contribution >= 4 is 22.9 Å². The number of nitrogens with zero attached hydrogens (tertiary/aromatic N) is 6. The number of rotatable bonds is 6. The lowest BCUT2D eigenvalue weighted by Gasteiger charge is -2.37. The van der Waals surface area contributed by atoms with E-state index >= 15 is 0 Å². The first-order valence-corrected chi connectivity index (χ1v) is 12.8. The zero-order valence-corrected chi connectivity index (χ0v) is 21.2. The number of alkyl halides is 3. The van der Waals surface area contributed by atoms with Crippen LogP contribution in [0.5, 0.6) is 0 Å². The van der Waals surface area contributed by atoms with Gasteiger partial charge >= 0.3 is 11.9 Å². The number of piperidine rings is 1. The summed E-state index contributed by atoms with van der Waals surface area (Å²) in [7, 11) is 0. The predicted molar refractivity (Wildman–Crippen MR) is 142 cm³/mol. The second kappa shape index (κ2) is 10.1. The second-order valence-electron chi connectivity index (χ2n) is 9.77. The van der Waals surface area contributed by atoms with Crippen LogP contribution in [0.2, 0.25) is 0 Å². The molecule has 0 spiro atoms. The highest BCUT2D eigenvalue weighted by molar-refractivity contribution is 5.86. The Kier molecular flexibility index (Phi) is 6.48. The molecule has 5 aromatic rings. The SMILES string of the molecule is Nc1nc(-c2noc(=O)[nH]2)nc2nc(N3CCCCC3Cc3ccccc3)n(Cc3ccc(C(F)(F)F)cc3)c12. The number of hydrogen-bond acceptors (Lipinski definition) is 8. The van der Waals surface area contributed by atoms with Crippen LogP contribution in [0.3, 0.4) is 0 Å². The van der Waals surface area contributed by atoms with E-state index in [9.17, 15) is 18.0 Å². The van der Waals surface area contributed by atoms with Crippen LogP contribution in [-0.2, 0) is 19.1 Å². The van der Waals surface area contributed by atoms with Crippen LogP contribution in [0.15, 0.2) is 63.9 Å². The largest absolute Gasteiger partial charge is 0.439 e. The summed E-state index contributed by atoms with van der Waals surface area (Å²) in [6.45, 7) is 0.941. The first-order valence-electron chi connectivity index (χ1n) is 12.8. The number of nitrogen functional groups attached to an aromatic ring is 1. The number of nitrogens with two attached hydrogens (primary N) is 1. The minimum atomic E-state index is -4.43. The molecule has 6 rings (SSSR count). The second-order valence-corrected chi connectivity index (χ2v) is 9.77. The van der Waals surface area contributed by atoms with E-state index in [1.807, 2.05) is 22.8 Å². The maximum absolute atomic E-state index is 13.2. The number of imidazole rings is 1. The number of nitrogens with one attached hydrogen (secondary N) is 1. The first kappa shape index (κ1) is 25.6. The Balaban J connectivity index is 1.46. The van der Waals surface area contributed by atoms with Gasteiger partial charge in [0, 0.05) is 12.6 Å². The van der Waals surface area contributed by atoms with Gasteiger partial charge in [0.15, 0.2) is 11.5 Å². The highest BCUT2D eigenvalue weighted by Crippen LogP contribution is 2.33. The fourth-order valence-electron chi connectivity index (χ4n) is 5.20. The summed E-state index contributed by atoms with van der Waals surface area (Å²) in [4.78, 5) is 29.8. The monoisotopic (exact) mass is 550 g/mol. The lowest BCUT2D eigenvalue weighted by atomic mass is 9.96. The van der Waals surface area contributed by atoms with Crippen molar-refractivity contribution in [3.63, 3.8) is 0 Å². The predicted octanol–water partition coefficient (Wildman–Crippen LogP) is 4.42. The molecule has 0 saturated carbocycles. The van der Waals surface area contributed by atoms with Crippen molar-refractivity contribution in [3.8, 4) is 11.6 Å². The van der Waals surface area contributed by atoms with Crippen LogP contribution in [0.4, 0.5) is 24.9 Å². The molecule has 1 atom stereocenters. The van der Waals surface area contributed by atoms with Crippen molar-refractivity contribution in [3.05, 3.63) is 81.8 Å².